The van der Waals surface area contributed by atoms with Crippen molar-refractivity contribution in [1.82, 2.24) is 9.78 Å². The predicted octanol–water partition coefficient (Wildman–Crippen LogP) is 3.41. The molecule has 1 heterocycles. The summed E-state index contributed by atoms with van der Waals surface area (Å²) < 4.78 is 1.78. The molecule has 1 aromatic heterocycles. The Morgan fingerprint density at radius 1 is 0.947 bits per heavy atom. The maximum absolute atomic E-state index is 8.91. The minimum Gasteiger partial charge on any atom is -0.240 e. The maximum Gasteiger partial charge on any atom is 0.0992 e. The van der Waals surface area contributed by atoms with E-state index in [-0.39, 0.29) is 0 Å². The van der Waals surface area contributed by atoms with E-state index in [2.05, 4.69) is 11.2 Å². The minimum atomic E-state index is 0.634. The summed E-state index contributed by atoms with van der Waals surface area (Å²) in [6, 6.07) is 21.5. The molecule has 0 fully saturated rings. The van der Waals surface area contributed by atoms with E-state index in [1.165, 1.54) is 0 Å². The molecule has 90 valence electrons. The van der Waals surface area contributed by atoms with Gasteiger partial charge in [-0.25, -0.2) is 4.68 Å². The summed E-state index contributed by atoms with van der Waals surface area (Å²) in [5.74, 6) is 0. The number of hydrogen-bond acceptors (Lipinski definition) is 2. The van der Waals surface area contributed by atoms with Gasteiger partial charge in [-0.2, -0.15) is 10.4 Å². The van der Waals surface area contributed by atoms with Crippen LogP contribution in [0.25, 0.3) is 16.9 Å². The van der Waals surface area contributed by atoms with Gasteiger partial charge in [-0.15, -0.1) is 0 Å². The number of rotatable bonds is 2. The summed E-state index contributed by atoms with van der Waals surface area (Å²) in [5.41, 5.74) is 3.52. The van der Waals surface area contributed by atoms with Crippen LogP contribution in [0.4, 0.5) is 0 Å². The molecule has 0 spiro atoms. The fraction of sp³-hybridized carbons (Fsp3) is 0. The fourth-order valence-corrected chi connectivity index (χ4v) is 1.95. The lowest BCUT2D eigenvalue weighted by molar-refractivity contribution is 0.884. The van der Waals surface area contributed by atoms with Gasteiger partial charge in [0.1, 0.15) is 0 Å². The number of hydrogen-bond donors (Lipinski definition) is 0. The molecule has 0 unspecified atom stereocenters. The van der Waals surface area contributed by atoms with Crippen molar-refractivity contribution in [3.05, 3.63) is 72.4 Å². The van der Waals surface area contributed by atoms with E-state index in [1.54, 1.807) is 10.7 Å². The first-order valence-corrected chi connectivity index (χ1v) is 5.98. The number of aromatic nitrogens is 2. The molecular weight excluding hydrogens is 234 g/mol. The molecule has 0 bridgehead atoms. The van der Waals surface area contributed by atoms with Crippen LogP contribution in [0.5, 0.6) is 0 Å². The zero-order chi connectivity index (χ0) is 13.1. The van der Waals surface area contributed by atoms with Crippen molar-refractivity contribution in [3.63, 3.8) is 0 Å². The fourth-order valence-electron chi connectivity index (χ4n) is 1.95. The smallest absolute Gasteiger partial charge is 0.0992 e. The second-order valence-corrected chi connectivity index (χ2v) is 4.17. The molecule has 0 amide bonds. The number of nitriles is 1. The third kappa shape index (κ3) is 2.24. The lowest BCUT2D eigenvalue weighted by Gasteiger charge is -2.01. The molecule has 0 radical (unpaired) electrons. The van der Waals surface area contributed by atoms with E-state index in [9.17, 15) is 0 Å². The molecule has 0 saturated carbocycles. The Labute approximate surface area is 111 Å². The summed E-state index contributed by atoms with van der Waals surface area (Å²) in [6.07, 6.45) is 1.90. The zero-order valence-corrected chi connectivity index (χ0v) is 10.2. The predicted molar refractivity (Wildman–Crippen MR) is 73.7 cm³/mol. The molecule has 0 N–H and O–H groups in total. The Morgan fingerprint density at radius 2 is 1.79 bits per heavy atom. The van der Waals surface area contributed by atoms with Gasteiger partial charge in [-0.05, 0) is 24.3 Å². The summed E-state index contributed by atoms with van der Waals surface area (Å²) in [4.78, 5) is 0. The molecule has 19 heavy (non-hydrogen) atoms. The highest BCUT2D eigenvalue weighted by molar-refractivity contribution is 5.58. The van der Waals surface area contributed by atoms with Crippen LogP contribution in [0.15, 0.2) is 66.9 Å². The highest BCUT2D eigenvalue weighted by Gasteiger charge is 2.03. The summed E-state index contributed by atoms with van der Waals surface area (Å²) in [7, 11) is 0. The van der Waals surface area contributed by atoms with E-state index in [4.69, 9.17) is 5.26 Å². The Morgan fingerprint density at radius 3 is 2.58 bits per heavy atom. The monoisotopic (exact) mass is 245 g/mol. The molecule has 3 aromatic rings. The van der Waals surface area contributed by atoms with Crippen LogP contribution in [0.2, 0.25) is 0 Å². The van der Waals surface area contributed by atoms with Gasteiger partial charge in [-0.1, -0.05) is 36.4 Å². The van der Waals surface area contributed by atoms with E-state index >= 15 is 0 Å². The third-order valence-electron chi connectivity index (χ3n) is 2.90. The van der Waals surface area contributed by atoms with Crippen molar-refractivity contribution in [3.8, 4) is 23.0 Å². The molecular formula is C16H11N3. The zero-order valence-electron chi connectivity index (χ0n) is 10.2. The molecule has 0 aliphatic heterocycles. The van der Waals surface area contributed by atoms with E-state index in [1.807, 2.05) is 60.8 Å². The van der Waals surface area contributed by atoms with Crippen LogP contribution < -0.4 is 0 Å². The third-order valence-corrected chi connectivity index (χ3v) is 2.90. The standard InChI is InChI=1S/C16H11N3/c17-12-13-5-4-8-15(11-13)19-10-9-16(18-19)14-6-2-1-3-7-14/h1-11H. The van der Waals surface area contributed by atoms with Gasteiger partial charge >= 0.3 is 0 Å². The first-order valence-electron chi connectivity index (χ1n) is 5.98. The summed E-state index contributed by atoms with van der Waals surface area (Å²) >= 11 is 0. The Balaban J connectivity index is 2.00. The van der Waals surface area contributed by atoms with Gasteiger partial charge in [0.25, 0.3) is 0 Å². The van der Waals surface area contributed by atoms with Crippen LogP contribution in [-0.4, -0.2) is 9.78 Å². The average molecular weight is 245 g/mol. The van der Waals surface area contributed by atoms with E-state index in [0.717, 1.165) is 16.9 Å². The Bertz CT molecular complexity index is 736. The van der Waals surface area contributed by atoms with E-state index in [0.29, 0.717) is 5.56 Å². The molecule has 0 atom stereocenters. The quantitative estimate of drug-likeness (QED) is 0.694. The van der Waals surface area contributed by atoms with Crippen molar-refractivity contribution in [2.45, 2.75) is 0 Å². The molecule has 3 nitrogen and oxygen atoms in total. The van der Waals surface area contributed by atoms with E-state index < -0.39 is 0 Å². The van der Waals surface area contributed by atoms with Crippen molar-refractivity contribution >= 4 is 0 Å². The minimum absolute atomic E-state index is 0.634. The molecule has 3 rings (SSSR count). The van der Waals surface area contributed by atoms with Gasteiger partial charge in [0.15, 0.2) is 0 Å². The second kappa shape index (κ2) is 4.79. The number of nitrogens with zero attached hydrogens (tertiary/aromatic N) is 3. The topological polar surface area (TPSA) is 41.6 Å². The van der Waals surface area contributed by atoms with Gasteiger partial charge in [-0.3, -0.25) is 0 Å². The van der Waals surface area contributed by atoms with Gasteiger partial charge < -0.3 is 0 Å². The van der Waals surface area contributed by atoms with Crippen molar-refractivity contribution in [1.29, 1.82) is 5.26 Å². The van der Waals surface area contributed by atoms with Crippen LogP contribution in [0, 0.1) is 11.3 Å². The molecule has 0 aliphatic rings. The van der Waals surface area contributed by atoms with Gasteiger partial charge in [0.05, 0.1) is 23.0 Å². The molecule has 0 aliphatic carbocycles. The van der Waals surface area contributed by atoms with Crippen molar-refractivity contribution < 1.29 is 0 Å². The number of benzene rings is 2. The summed E-state index contributed by atoms with van der Waals surface area (Å²) in [6.45, 7) is 0. The SMILES string of the molecule is N#Cc1cccc(-n2ccc(-c3ccccc3)n2)c1. The highest BCUT2D eigenvalue weighted by atomic mass is 15.3. The normalized spacial score (nSPS) is 10.1. The molecule has 2 aromatic carbocycles. The largest absolute Gasteiger partial charge is 0.240 e. The highest BCUT2D eigenvalue weighted by Crippen LogP contribution is 2.18. The van der Waals surface area contributed by atoms with Crippen LogP contribution in [-0.2, 0) is 0 Å². The lowest BCUT2D eigenvalue weighted by Crippen LogP contribution is -1.95. The molecule has 3 heteroatoms. The first kappa shape index (κ1) is 11.2. The van der Waals surface area contributed by atoms with Crippen LogP contribution in [0.3, 0.4) is 0 Å². The Kier molecular flexibility index (Phi) is 2.83. The van der Waals surface area contributed by atoms with Crippen LogP contribution >= 0.6 is 0 Å². The van der Waals surface area contributed by atoms with Crippen molar-refractivity contribution in [2.75, 3.05) is 0 Å². The summed E-state index contributed by atoms with van der Waals surface area (Å²) in [5, 5.41) is 13.4. The van der Waals surface area contributed by atoms with Crippen LogP contribution in [0.1, 0.15) is 5.56 Å². The first-order chi connectivity index (χ1) is 9.36. The van der Waals surface area contributed by atoms with Crippen molar-refractivity contribution in [2.24, 2.45) is 0 Å². The second-order valence-electron chi connectivity index (χ2n) is 4.17. The Hall–Kier alpha value is -2.86. The maximum atomic E-state index is 8.91. The van der Waals surface area contributed by atoms with Gasteiger partial charge in [0, 0.05) is 11.8 Å². The molecule has 0 saturated heterocycles. The average Bonchev–Trinajstić information content (AvgIpc) is 2.98. The van der Waals surface area contributed by atoms with Gasteiger partial charge in [0.2, 0.25) is 0 Å². The lowest BCUT2D eigenvalue weighted by atomic mass is 10.2.